The van der Waals surface area contributed by atoms with Gasteiger partial charge in [0.05, 0.1) is 7.11 Å². The van der Waals surface area contributed by atoms with E-state index < -0.39 is 0 Å². The van der Waals surface area contributed by atoms with Gasteiger partial charge in [-0.3, -0.25) is 5.32 Å². The molecule has 2 N–H and O–H groups in total. The number of nitrogens with zero attached hydrogens (tertiary/aromatic N) is 1. The smallest absolute Gasteiger partial charge is 0.324 e. The van der Waals surface area contributed by atoms with Gasteiger partial charge in [-0.2, -0.15) is 0 Å². The molecule has 2 amide bonds. The van der Waals surface area contributed by atoms with Gasteiger partial charge in [0.15, 0.2) is 5.82 Å². The first-order chi connectivity index (χ1) is 9.88. The van der Waals surface area contributed by atoms with Crippen molar-refractivity contribution in [2.45, 2.75) is 26.2 Å². The van der Waals surface area contributed by atoms with Crippen LogP contribution in [-0.4, -0.2) is 18.3 Å². The van der Waals surface area contributed by atoms with E-state index in [0.29, 0.717) is 17.3 Å². The first kappa shape index (κ1) is 14.9. The van der Waals surface area contributed by atoms with E-state index in [0.717, 1.165) is 5.75 Å². The Morgan fingerprint density at radius 3 is 2.38 bits per heavy atom. The first-order valence-electron chi connectivity index (χ1n) is 6.58. The van der Waals surface area contributed by atoms with Crippen molar-refractivity contribution in [2.24, 2.45) is 0 Å². The number of hydrogen-bond acceptors (Lipinski definition) is 4. The number of anilines is 2. The van der Waals surface area contributed by atoms with Gasteiger partial charge in [0, 0.05) is 17.2 Å². The van der Waals surface area contributed by atoms with Gasteiger partial charge in [0.1, 0.15) is 11.5 Å². The number of aromatic nitrogens is 1. The van der Waals surface area contributed by atoms with E-state index in [1.165, 1.54) is 0 Å². The molecule has 6 nitrogen and oxygen atoms in total. The zero-order chi connectivity index (χ0) is 15.5. The van der Waals surface area contributed by atoms with Crippen molar-refractivity contribution in [3.63, 3.8) is 0 Å². The maximum atomic E-state index is 11.9. The number of ether oxygens (including phenoxy) is 1. The summed E-state index contributed by atoms with van der Waals surface area (Å²) in [5.41, 5.74) is 0.507. The molecule has 1 aromatic heterocycles. The van der Waals surface area contributed by atoms with E-state index in [1.54, 1.807) is 37.4 Å². The highest BCUT2D eigenvalue weighted by molar-refractivity contribution is 5.99. The zero-order valence-corrected chi connectivity index (χ0v) is 12.6. The van der Waals surface area contributed by atoms with Gasteiger partial charge in [0.2, 0.25) is 0 Å². The van der Waals surface area contributed by atoms with Gasteiger partial charge < -0.3 is 14.6 Å². The second-order valence-electron chi connectivity index (χ2n) is 5.63. The lowest BCUT2D eigenvalue weighted by Crippen LogP contribution is -2.19. The molecule has 0 saturated carbocycles. The monoisotopic (exact) mass is 289 g/mol. The van der Waals surface area contributed by atoms with Crippen molar-refractivity contribution in [3.8, 4) is 5.75 Å². The summed E-state index contributed by atoms with van der Waals surface area (Å²) >= 11 is 0. The normalized spacial score (nSPS) is 11.0. The van der Waals surface area contributed by atoms with E-state index in [4.69, 9.17) is 9.26 Å². The molecule has 0 atom stereocenters. The Balaban J connectivity index is 1.96. The van der Waals surface area contributed by atoms with Crippen molar-refractivity contribution in [1.82, 2.24) is 5.16 Å². The molecular weight excluding hydrogens is 270 g/mol. The maximum absolute atomic E-state index is 11.9. The molecule has 0 unspecified atom stereocenters. The van der Waals surface area contributed by atoms with Crippen LogP contribution in [-0.2, 0) is 5.41 Å². The van der Waals surface area contributed by atoms with Gasteiger partial charge in [-0.25, -0.2) is 4.79 Å². The predicted molar refractivity (Wildman–Crippen MR) is 80.8 cm³/mol. The van der Waals surface area contributed by atoms with E-state index in [9.17, 15) is 4.79 Å². The second kappa shape index (κ2) is 5.87. The van der Waals surface area contributed by atoms with Crippen molar-refractivity contribution in [2.75, 3.05) is 17.7 Å². The number of rotatable bonds is 3. The minimum absolute atomic E-state index is 0.153. The standard InChI is InChI=1S/C15H19N3O3/c1-15(2,3)12-9-13(18-21-12)17-14(19)16-10-5-7-11(20-4)8-6-10/h5-9H,1-4H3,(H2,16,17,18,19). The molecule has 6 heteroatoms. The lowest BCUT2D eigenvalue weighted by Gasteiger charge is -2.12. The van der Waals surface area contributed by atoms with Gasteiger partial charge in [-0.1, -0.05) is 25.9 Å². The topological polar surface area (TPSA) is 76.4 Å². The average Bonchev–Trinajstić information content (AvgIpc) is 2.88. The number of benzene rings is 1. The predicted octanol–water partition coefficient (Wildman–Crippen LogP) is 3.62. The summed E-state index contributed by atoms with van der Waals surface area (Å²) in [6.07, 6.45) is 0. The summed E-state index contributed by atoms with van der Waals surface area (Å²) in [5.74, 6) is 1.82. The van der Waals surface area contributed by atoms with Crippen LogP contribution in [0.15, 0.2) is 34.9 Å². The van der Waals surface area contributed by atoms with Gasteiger partial charge in [-0.05, 0) is 24.3 Å². The maximum Gasteiger partial charge on any atom is 0.324 e. The molecule has 0 saturated heterocycles. The SMILES string of the molecule is COc1ccc(NC(=O)Nc2cc(C(C)(C)C)on2)cc1. The molecule has 1 aromatic carbocycles. The fraction of sp³-hybridized carbons (Fsp3) is 0.333. The Hall–Kier alpha value is -2.50. The molecule has 2 rings (SSSR count). The van der Waals surface area contributed by atoms with Gasteiger partial charge in [-0.15, -0.1) is 0 Å². The molecule has 1 heterocycles. The molecule has 0 fully saturated rings. The Labute approximate surface area is 123 Å². The van der Waals surface area contributed by atoms with Crippen LogP contribution in [0.5, 0.6) is 5.75 Å². The molecule has 0 bridgehead atoms. The highest BCUT2D eigenvalue weighted by Crippen LogP contribution is 2.24. The van der Waals surface area contributed by atoms with E-state index >= 15 is 0 Å². The van der Waals surface area contributed by atoms with E-state index in [-0.39, 0.29) is 11.4 Å². The molecule has 0 aliphatic heterocycles. The number of nitrogens with one attached hydrogen (secondary N) is 2. The fourth-order valence-corrected chi connectivity index (χ4v) is 1.64. The molecule has 112 valence electrons. The summed E-state index contributed by atoms with van der Waals surface area (Å²) in [6, 6.07) is 8.37. The number of amides is 2. The first-order valence-corrected chi connectivity index (χ1v) is 6.58. The van der Waals surface area contributed by atoms with Crippen molar-refractivity contribution in [1.29, 1.82) is 0 Å². The molecule has 0 spiro atoms. The summed E-state index contributed by atoms with van der Waals surface area (Å²) in [6.45, 7) is 6.03. The van der Waals surface area contributed by atoms with Gasteiger partial charge >= 0.3 is 6.03 Å². The molecule has 0 aliphatic carbocycles. The summed E-state index contributed by atoms with van der Waals surface area (Å²) in [5, 5.41) is 9.15. The van der Waals surface area contributed by atoms with Crippen LogP contribution < -0.4 is 15.4 Å². The highest BCUT2D eigenvalue weighted by atomic mass is 16.5. The second-order valence-corrected chi connectivity index (χ2v) is 5.63. The number of carbonyl (C=O) groups is 1. The number of hydrogen-bond donors (Lipinski definition) is 2. The largest absolute Gasteiger partial charge is 0.497 e. The third-order valence-electron chi connectivity index (χ3n) is 2.84. The Kier molecular flexibility index (Phi) is 4.16. The van der Waals surface area contributed by atoms with Gasteiger partial charge in [0.25, 0.3) is 0 Å². The van der Waals surface area contributed by atoms with Crippen LogP contribution >= 0.6 is 0 Å². The molecule has 21 heavy (non-hydrogen) atoms. The molecule has 0 radical (unpaired) electrons. The van der Waals surface area contributed by atoms with Crippen LogP contribution in [0.1, 0.15) is 26.5 Å². The molecule has 2 aromatic rings. The fourth-order valence-electron chi connectivity index (χ4n) is 1.64. The van der Waals surface area contributed by atoms with E-state index in [2.05, 4.69) is 15.8 Å². The summed E-state index contributed by atoms with van der Waals surface area (Å²) in [4.78, 5) is 11.9. The third kappa shape index (κ3) is 3.98. The van der Waals surface area contributed by atoms with Crippen LogP contribution in [0.4, 0.5) is 16.3 Å². The Morgan fingerprint density at radius 2 is 1.86 bits per heavy atom. The van der Waals surface area contributed by atoms with E-state index in [1.807, 2.05) is 20.8 Å². The molecular formula is C15H19N3O3. The van der Waals surface area contributed by atoms with Crippen molar-refractivity contribution in [3.05, 3.63) is 36.1 Å². The number of carbonyl (C=O) groups excluding carboxylic acids is 1. The highest BCUT2D eigenvalue weighted by Gasteiger charge is 2.20. The lowest BCUT2D eigenvalue weighted by molar-refractivity contribution is 0.262. The quantitative estimate of drug-likeness (QED) is 0.904. The summed E-state index contributed by atoms with van der Waals surface area (Å²) in [7, 11) is 1.59. The van der Waals surface area contributed by atoms with Crippen LogP contribution in [0, 0.1) is 0 Å². The van der Waals surface area contributed by atoms with Crippen LogP contribution in [0.3, 0.4) is 0 Å². The number of urea groups is 1. The third-order valence-corrected chi connectivity index (χ3v) is 2.84. The number of methoxy groups -OCH3 is 1. The van der Waals surface area contributed by atoms with Crippen LogP contribution in [0.2, 0.25) is 0 Å². The minimum atomic E-state index is -0.381. The van der Waals surface area contributed by atoms with Crippen LogP contribution in [0.25, 0.3) is 0 Å². The van der Waals surface area contributed by atoms with Crippen molar-refractivity contribution < 1.29 is 14.1 Å². The minimum Gasteiger partial charge on any atom is -0.497 e. The van der Waals surface area contributed by atoms with Crippen molar-refractivity contribution >= 4 is 17.5 Å². The zero-order valence-electron chi connectivity index (χ0n) is 12.6. The Morgan fingerprint density at radius 1 is 1.19 bits per heavy atom. The Bertz CT molecular complexity index is 612. The molecule has 0 aliphatic rings. The lowest BCUT2D eigenvalue weighted by atomic mass is 9.93. The average molecular weight is 289 g/mol. The summed E-state index contributed by atoms with van der Waals surface area (Å²) < 4.78 is 10.3.